The standard InChI is InChI=1S/C22H22N4O4S/c1-29-16-12-26(13-16)22(28)30-15-5-6-17-18(10-23)21(31-19(17)9-15)25-20(27)7-4-14-3-2-8-24-11-14/h2-4,7-8,11,15-16H,5-6,9,12-13H2,1H3,(H,25,27). The minimum Gasteiger partial charge on any atom is -0.446 e. The van der Waals surface area contributed by atoms with Gasteiger partial charge in [0.1, 0.15) is 17.2 Å². The molecule has 1 N–H and O–H groups in total. The molecule has 0 bridgehead atoms. The SMILES string of the molecule is COC1CN(C(=O)OC2CCc3c(sc(NC(=O)C=Cc4cccnc4)c3C#N)C2)C1. The lowest BCUT2D eigenvalue weighted by atomic mass is 9.94. The zero-order valence-corrected chi connectivity index (χ0v) is 17.9. The van der Waals surface area contributed by atoms with Gasteiger partial charge in [-0.3, -0.25) is 9.78 Å². The van der Waals surface area contributed by atoms with E-state index in [1.54, 1.807) is 36.5 Å². The van der Waals surface area contributed by atoms with Crippen LogP contribution in [0.3, 0.4) is 0 Å². The number of rotatable bonds is 5. The van der Waals surface area contributed by atoms with Crippen LogP contribution in [0.1, 0.15) is 28.0 Å². The van der Waals surface area contributed by atoms with Gasteiger partial charge in [0, 0.05) is 36.9 Å². The van der Waals surface area contributed by atoms with Crippen molar-refractivity contribution in [2.24, 2.45) is 0 Å². The summed E-state index contributed by atoms with van der Waals surface area (Å²) in [4.78, 5) is 31.2. The average molecular weight is 439 g/mol. The molecule has 31 heavy (non-hydrogen) atoms. The first-order valence-corrected chi connectivity index (χ1v) is 10.8. The molecule has 1 aliphatic heterocycles. The summed E-state index contributed by atoms with van der Waals surface area (Å²) >= 11 is 1.37. The van der Waals surface area contributed by atoms with Crippen LogP contribution in [0.25, 0.3) is 6.08 Å². The zero-order valence-electron chi connectivity index (χ0n) is 17.0. The lowest BCUT2D eigenvalue weighted by Gasteiger charge is -2.38. The van der Waals surface area contributed by atoms with E-state index in [2.05, 4.69) is 16.4 Å². The summed E-state index contributed by atoms with van der Waals surface area (Å²) < 4.78 is 10.8. The Labute approximate surface area is 184 Å². The first-order valence-electron chi connectivity index (χ1n) is 9.99. The van der Waals surface area contributed by atoms with Crippen LogP contribution < -0.4 is 5.32 Å². The lowest BCUT2D eigenvalue weighted by Crippen LogP contribution is -2.55. The second kappa shape index (κ2) is 9.29. The van der Waals surface area contributed by atoms with Crippen LogP contribution in [0, 0.1) is 11.3 Å². The first kappa shape index (κ1) is 21.0. The number of nitrogens with zero attached hydrogens (tertiary/aromatic N) is 3. The molecule has 0 radical (unpaired) electrons. The molecule has 1 aliphatic carbocycles. The van der Waals surface area contributed by atoms with Crippen molar-refractivity contribution in [2.75, 3.05) is 25.5 Å². The Morgan fingerprint density at radius 1 is 1.39 bits per heavy atom. The normalized spacial score (nSPS) is 18.2. The van der Waals surface area contributed by atoms with Crippen LogP contribution in [0.2, 0.25) is 0 Å². The molecule has 1 fully saturated rings. The monoisotopic (exact) mass is 438 g/mol. The number of aromatic nitrogens is 1. The van der Waals surface area contributed by atoms with Gasteiger partial charge in [0.25, 0.3) is 0 Å². The summed E-state index contributed by atoms with van der Waals surface area (Å²) in [5, 5.41) is 13.0. The molecule has 2 aromatic heterocycles. The van der Waals surface area contributed by atoms with Crippen molar-refractivity contribution in [3.8, 4) is 6.07 Å². The van der Waals surface area contributed by atoms with Gasteiger partial charge >= 0.3 is 6.09 Å². The molecule has 160 valence electrons. The Bertz CT molecular complexity index is 1040. The van der Waals surface area contributed by atoms with E-state index in [0.29, 0.717) is 42.9 Å². The van der Waals surface area contributed by atoms with E-state index < -0.39 is 0 Å². The number of methoxy groups -OCH3 is 1. The highest BCUT2D eigenvalue weighted by molar-refractivity contribution is 7.16. The van der Waals surface area contributed by atoms with Crippen molar-refractivity contribution in [3.05, 3.63) is 52.2 Å². The summed E-state index contributed by atoms with van der Waals surface area (Å²) in [7, 11) is 1.63. The zero-order chi connectivity index (χ0) is 21.8. The second-order valence-electron chi connectivity index (χ2n) is 7.44. The van der Waals surface area contributed by atoms with Gasteiger partial charge in [-0.1, -0.05) is 6.07 Å². The van der Waals surface area contributed by atoms with Gasteiger partial charge in [-0.15, -0.1) is 11.3 Å². The molecular weight excluding hydrogens is 416 g/mol. The number of likely N-dealkylation sites (tertiary alicyclic amines) is 1. The molecule has 4 rings (SSSR count). The van der Waals surface area contributed by atoms with Gasteiger partial charge in [0.15, 0.2) is 0 Å². The van der Waals surface area contributed by atoms with E-state index in [-0.39, 0.29) is 24.2 Å². The number of thiophene rings is 1. The number of amides is 2. The fourth-order valence-electron chi connectivity index (χ4n) is 3.62. The molecule has 0 saturated carbocycles. The predicted molar refractivity (Wildman–Crippen MR) is 116 cm³/mol. The summed E-state index contributed by atoms with van der Waals surface area (Å²) in [6, 6.07) is 5.86. The summed E-state index contributed by atoms with van der Waals surface area (Å²) in [5.74, 6) is -0.313. The Kier molecular flexibility index (Phi) is 6.30. The number of carbonyl (C=O) groups is 2. The number of anilines is 1. The minimum absolute atomic E-state index is 0.0827. The Morgan fingerprint density at radius 3 is 2.94 bits per heavy atom. The number of ether oxygens (including phenoxy) is 2. The molecule has 1 saturated heterocycles. The van der Waals surface area contributed by atoms with Crippen LogP contribution in [0.5, 0.6) is 0 Å². The third kappa shape index (κ3) is 4.76. The highest BCUT2D eigenvalue weighted by Crippen LogP contribution is 2.38. The Balaban J connectivity index is 1.39. The van der Waals surface area contributed by atoms with Crippen molar-refractivity contribution >= 4 is 34.4 Å². The summed E-state index contributed by atoms with van der Waals surface area (Å²) in [6.45, 7) is 1.10. The number of nitriles is 1. The molecule has 0 aromatic carbocycles. The molecular formula is C22H22N4O4S. The molecule has 2 aromatic rings. The van der Waals surface area contributed by atoms with Gasteiger partial charge < -0.3 is 19.7 Å². The third-order valence-corrected chi connectivity index (χ3v) is 6.56. The topological polar surface area (TPSA) is 105 Å². The second-order valence-corrected chi connectivity index (χ2v) is 8.55. The number of hydrogen-bond donors (Lipinski definition) is 1. The number of pyridine rings is 1. The summed E-state index contributed by atoms with van der Waals surface area (Å²) in [6.07, 6.45) is 7.76. The van der Waals surface area contributed by atoms with E-state index in [1.807, 2.05) is 6.07 Å². The summed E-state index contributed by atoms with van der Waals surface area (Å²) in [5.41, 5.74) is 2.25. The number of nitrogens with one attached hydrogen (secondary N) is 1. The molecule has 1 unspecified atom stereocenters. The van der Waals surface area contributed by atoms with Crippen LogP contribution in [-0.2, 0) is 27.1 Å². The van der Waals surface area contributed by atoms with Crippen molar-refractivity contribution in [1.82, 2.24) is 9.88 Å². The Morgan fingerprint density at radius 2 is 2.23 bits per heavy atom. The van der Waals surface area contributed by atoms with E-state index in [1.165, 1.54) is 17.4 Å². The third-order valence-electron chi connectivity index (χ3n) is 5.39. The van der Waals surface area contributed by atoms with E-state index in [4.69, 9.17) is 9.47 Å². The van der Waals surface area contributed by atoms with Crippen LogP contribution in [0.4, 0.5) is 9.80 Å². The first-order chi connectivity index (χ1) is 15.1. The fourth-order valence-corrected chi connectivity index (χ4v) is 4.88. The van der Waals surface area contributed by atoms with Crippen LogP contribution in [-0.4, -0.2) is 54.3 Å². The van der Waals surface area contributed by atoms with Gasteiger partial charge in [0.05, 0.1) is 24.8 Å². The van der Waals surface area contributed by atoms with Gasteiger partial charge in [-0.05, 0) is 36.1 Å². The van der Waals surface area contributed by atoms with Crippen molar-refractivity contribution < 1.29 is 19.1 Å². The number of carbonyl (C=O) groups excluding carboxylic acids is 2. The minimum atomic E-state index is -0.326. The highest BCUT2D eigenvalue weighted by Gasteiger charge is 2.34. The number of fused-ring (bicyclic) bond motifs is 1. The fraction of sp³-hybridized carbons (Fsp3) is 0.364. The van der Waals surface area contributed by atoms with Gasteiger partial charge in [-0.25, -0.2) is 4.79 Å². The molecule has 9 heteroatoms. The maximum atomic E-state index is 12.3. The molecule has 8 nitrogen and oxygen atoms in total. The quantitative estimate of drug-likeness (QED) is 0.720. The smallest absolute Gasteiger partial charge is 0.410 e. The molecule has 0 spiro atoms. The highest BCUT2D eigenvalue weighted by atomic mass is 32.1. The largest absolute Gasteiger partial charge is 0.446 e. The maximum absolute atomic E-state index is 12.3. The number of hydrogen-bond acceptors (Lipinski definition) is 7. The van der Waals surface area contributed by atoms with E-state index in [9.17, 15) is 14.9 Å². The van der Waals surface area contributed by atoms with Crippen molar-refractivity contribution in [2.45, 2.75) is 31.5 Å². The van der Waals surface area contributed by atoms with Crippen molar-refractivity contribution in [1.29, 1.82) is 5.26 Å². The van der Waals surface area contributed by atoms with Crippen molar-refractivity contribution in [3.63, 3.8) is 0 Å². The predicted octanol–water partition coefficient (Wildman–Crippen LogP) is 2.99. The van der Waals surface area contributed by atoms with Gasteiger partial charge in [-0.2, -0.15) is 5.26 Å². The molecule has 3 heterocycles. The molecule has 2 aliphatic rings. The lowest BCUT2D eigenvalue weighted by molar-refractivity contribution is -0.111. The van der Waals surface area contributed by atoms with Crippen LogP contribution >= 0.6 is 11.3 Å². The maximum Gasteiger partial charge on any atom is 0.410 e. The van der Waals surface area contributed by atoms with E-state index >= 15 is 0 Å². The Hall–Kier alpha value is -3.22. The van der Waals surface area contributed by atoms with Crippen LogP contribution in [0.15, 0.2) is 30.6 Å². The molecule has 1 atom stereocenters. The molecule has 2 amide bonds. The average Bonchev–Trinajstić information content (AvgIpc) is 3.08. The van der Waals surface area contributed by atoms with E-state index in [0.717, 1.165) is 16.0 Å². The van der Waals surface area contributed by atoms with Gasteiger partial charge in [0.2, 0.25) is 5.91 Å².